The number of hydrogen-bond donors (Lipinski definition) is 1. The van der Waals surface area contributed by atoms with Crippen molar-refractivity contribution in [2.24, 2.45) is 5.41 Å². The zero-order valence-electron chi connectivity index (χ0n) is 11.8. The fourth-order valence-electron chi connectivity index (χ4n) is 3.31. The Hall–Kier alpha value is -1.15. The lowest BCUT2D eigenvalue weighted by Gasteiger charge is -2.33. The highest BCUT2D eigenvalue weighted by Crippen LogP contribution is 2.44. The summed E-state index contributed by atoms with van der Waals surface area (Å²) in [5, 5.41) is 10.4. The highest BCUT2D eigenvalue weighted by molar-refractivity contribution is 5.87. The van der Waals surface area contributed by atoms with E-state index in [-0.39, 0.29) is 5.78 Å². The second kappa shape index (κ2) is 6.33. The molecular formula is C17H24O2. The second-order valence-corrected chi connectivity index (χ2v) is 5.75. The summed E-state index contributed by atoms with van der Waals surface area (Å²) in [5.41, 5.74) is 0.591. The van der Waals surface area contributed by atoms with E-state index in [0.717, 1.165) is 44.1 Å². The monoisotopic (exact) mass is 260 g/mol. The molecule has 2 nitrogen and oxygen atoms in total. The van der Waals surface area contributed by atoms with Crippen LogP contribution >= 0.6 is 0 Å². The minimum Gasteiger partial charge on any atom is -0.392 e. The van der Waals surface area contributed by atoms with Crippen LogP contribution < -0.4 is 0 Å². The summed E-state index contributed by atoms with van der Waals surface area (Å²) in [7, 11) is 0. The molecule has 0 aromatic heterocycles. The van der Waals surface area contributed by atoms with Crippen LogP contribution in [0.3, 0.4) is 0 Å². The van der Waals surface area contributed by atoms with Crippen LogP contribution in [-0.4, -0.2) is 17.0 Å². The first-order valence-corrected chi connectivity index (χ1v) is 7.44. The number of aliphatic hydroxyl groups is 1. The summed E-state index contributed by atoms with van der Waals surface area (Å²) in [6.45, 7) is 2.06. The third kappa shape index (κ3) is 3.06. The Bertz CT molecular complexity index is 405. The maximum absolute atomic E-state index is 12.7. The van der Waals surface area contributed by atoms with Crippen molar-refractivity contribution in [2.45, 2.75) is 58.0 Å². The van der Waals surface area contributed by atoms with Crippen LogP contribution in [0.25, 0.3) is 0 Å². The quantitative estimate of drug-likeness (QED) is 0.849. The molecule has 0 saturated heterocycles. The van der Waals surface area contributed by atoms with Crippen LogP contribution in [0.4, 0.5) is 0 Å². The van der Waals surface area contributed by atoms with Crippen LogP contribution in [0.5, 0.6) is 0 Å². The average Bonchev–Trinajstić information content (AvgIpc) is 2.91. The van der Waals surface area contributed by atoms with Crippen LogP contribution in [-0.2, 0) is 11.2 Å². The number of carbonyl (C=O) groups excluding carboxylic acids is 1. The number of ketones is 1. The van der Waals surface area contributed by atoms with Gasteiger partial charge in [-0.1, -0.05) is 56.5 Å². The molecule has 1 aromatic carbocycles. The van der Waals surface area contributed by atoms with Crippen LogP contribution in [0, 0.1) is 5.41 Å². The van der Waals surface area contributed by atoms with E-state index in [1.54, 1.807) is 0 Å². The molecule has 19 heavy (non-hydrogen) atoms. The van der Waals surface area contributed by atoms with Gasteiger partial charge in [0.05, 0.1) is 11.5 Å². The van der Waals surface area contributed by atoms with E-state index in [4.69, 9.17) is 0 Å². The lowest BCUT2D eigenvalue weighted by Crippen LogP contribution is -2.41. The first-order valence-electron chi connectivity index (χ1n) is 7.44. The Morgan fingerprint density at radius 3 is 2.47 bits per heavy atom. The fraction of sp³-hybridized carbons (Fsp3) is 0.588. The molecular weight excluding hydrogens is 236 g/mol. The van der Waals surface area contributed by atoms with Gasteiger partial charge in [0.15, 0.2) is 0 Å². The predicted octanol–water partition coefficient (Wildman–Crippen LogP) is 3.52. The van der Waals surface area contributed by atoms with Crippen LogP contribution in [0.15, 0.2) is 30.3 Å². The molecule has 104 valence electrons. The van der Waals surface area contributed by atoms with Gasteiger partial charge in [0.2, 0.25) is 0 Å². The highest BCUT2D eigenvalue weighted by Gasteiger charge is 2.45. The van der Waals surface area contributed by atoms with Gasteiger partial charge in [0, 0.05) is 6.42 Å². The summed E-state index contributed by atoms with van der Waals surface area (Å²) >= 11 is 0. The number of rotatable bonds is 6. The Balaban J connectivity index is 2.13. The van der Waals surface area contributed by atoms with Crippen molar-refractivity contribution in [2.75, 3.05) is 0 Å². The molecule has 1 N–H and O–H groups in total. The van der Waals surface area contributed by atoms with Gasteiger partial charge in [0.25, 0.3) is 0 Å². The van der Waals surface area contributed by atoms with Crippen molar-refractivity contribution in [3.8, 4) is 0 Å². The Morgan fingerprint density at radius 1 is 1.26 bits per heavy atom. The largest absolute Gasteiger partial charge is 0.392 e. The molecule has 2 rings (SSSR count). The molecule has 0 radical (unpaired) electrons. The molecule has 0 bridgehead atoms. The predicted molar refractivity (Wildman–Crippen MR) is 77.0 cm³/mol. The molecule has 2 heteroatoms. The smallest absolute Gasteiger partial charge is 0.145 e. The van der Waals surface area contributed by atoms with Crippen molar-refractivity contribution in [3.05, 3.63) is 35.9 Å². The zero-order valence-corrected chi connectivity index (χ0v) is 11.8. The minimum absolute atomic E-state index is 0.233. The lowest BCUT2D eigenvalue weighted by atomic mass is 9.73. The maximum atomic E-state index is 12.7. The SMILES string of the molecule is CCCC(O)C1(C(=O)Cc2ccccc2)CCCC1. The molecule has 1 aromatic rings. The van der Waals surface area contributed by atoms with E-state index in [2.05, 4.69) is 6.92 Å². The summed E-state index contributed by atoms with van der Waals surface area (Å²) in [6, 6.07) is 9.88. The normalized spacial score (nSPS) is 19.3. The topological polar surface area (TPSA) is 37.3 Å². The van der Waals surface area contributed by atoms with Crippen LogP contribution in [0.1, 0.15) is 51.0 Å². The Kier molecular flexibility index (Phi) is 4.76. The van der Waals surface area contributed by atoms with E-state index in [0.29, 0.717) is 6.42 Å². The van der Waals surface area contributed by atoms with E-state index < -0.39 is 11.5 Å². The zero-order chi connectivity index (χ0) is 13.7. The Morgan fingerprint density at radius 2 is 1.89 bits per heavy atom. The van der Waals surface area contributed by atoms with Gasteiger partial charge >= 0.3 is 0 Å². The van der Waals surface area contributed by atoms with Crippen molar-refractivity contribution in [3.63, 3.8) is 0 Å². The van der Waals surface area contributed by atoms with E-state index in [1.165, 1.54) is 0 Å². The number of benzene rings is 1. The summed E-state index contributed by atoms with van der Waals surface area (Å²) < 4.78 is 0. The first kappa shape index (κ1) is 14.3. The third-order valence-electron chi connectivity index (χ3n) is 4.46. The van der Waals surface area contributed by atoms with Crippen LogP contribution in [0.2, 0.25) is 0 Å². The van der Waals surface area contributed by atoms with E-state index >= 15 is 0 Å². The average molecular weight is 260 g/mol. The number of carbonyl (C=O) groups is 1. The molecule has 1 aliphatic rings. The van der Waals surface area contributed by atoms with Gasteiger partial charge in [-0.05, 0) is 24.8 Å². The summed E-state index contributed by atoms with van der Waals surface area (Å²) in [6.07, 6.45) is 5.53. The molecule has 0 amide bonds. The van der Waals surface area contributed by atoms with E-state index in [9.17, 15) is 9.90 Å². The van der Waals surface area contributed by atoms with Gasteiger partial charge in [-0.3, -0.25) is 4.79 Å². The molecule has 1 atom stereocenters. The van der Waals surface area contributed by atoms with Gasteiger partial charge in [-0.2, -0.15) is 0 Å². The molecule has 1 unspecified atom stereocenters. The summed E-state index contributed by atoms with van der Waals surface area (Å²) in [4.78, 5) is 12.7. The maximum Gasteiger partial charge on any atom is 0.145 e. The van der Waals surface area contributed by atoms with E-state index in [1.807, 2.05) is 30.3 Å². The Labute approximate surface area is 115 Å². The van der Waals surface area contributed by atoms with Crippen molar-refractivity contribution in [1.29, 1.82) is 0 Å². The molecule has 0 spiro atoms. The van der Waals surface area contributed by atoms with Gasteiger partial charge < -0.3 is 5.11 Å². The van der Waals surface area contributed by atoms with Crippen molar-refractivity contribution < 1.29 is 9.90 Å². The molecule has 1 fully saturated rings. The van der Waals surface area contributed by atoms with Crippen molar-refractivity contribution >= 4 is 5.78 Å². The van der Waals surface area contributed by atoms with Gasteiger partial charge in [0.1, 0.15) is 5.78 Å². The minimum atomic E-state index is -0.466. The standard InChI is InChI=1S/C17H24O2/c1-2-8-15(18)17(11-6-7-12-17)16(19)13-14-9-4-3-5-10-14/h3-5,9-10,15,18H,2,6-8,11-13H2,1H3. The van der Waals surface area contributed by atoms with Crippen molar-refractivity contribution in [1.82, 2.24) is 0 Å². The lowest BCUT2D eigenvalue weighted by molar-refractivity contribution is -0.135. The molecule has 1 aliphatic carbocycles. The molecule has 0 heterocycles. The first-order chi connectivity index (χ1) is 9.19. The number of hydrogen-bond acceptors (Lipinski definition) is 2. The van der Waals surface area contributed by atoms with Gasteiger partial charge in [-0.15, -0.1) is 0 Å². The summed E-state index contributed by atoms with van der Waals surface area (Å²) in [5.74, 6) is 0.233. The molecule has 1 saturated carbocycles. The van der Waals surface area contributed by atoms with Gasteiger partial charge in [-0.25, -0.2) is 0 Å². The number of aliphatic hydroxyl groups excluding tert-OH is 1. The highest BCUT2D eigenvalue weighted by atomic mass is 16.3. The second-order valence-electron chi connectivity index (χ2n) is 5.75. The fourth-order valence-corrected chi connectivity index (χ4v) is 3.31. The third-order valence-corrected chi connectivity index (χ3v) is 4.46. The number of Topliss-reactive ketones (excluding diaryl/α,β-unsaturated/α-hetero) is 1. The molecule has 0 aliphatic heterocycles.